The fourth-order valence-corrected chi connectivity index (χ4v) is 3.89. The Kier molecular flexibility index (Phi) is 5.90. The Morgan fingerprint density at radius 2 is 1.85 bits per heavy atom. The molecule has 0 saturated carbocycles. The van der Waals surface area contributed by atoms with Crippen LogP contribution in [-0.4, -0.2) is 18.8 Å². The maximum Gasteiger partial charge on any atom is 0.312 e. The number of ether oxygens (including phenoxy) is 2. The van der Waals surface area contributed by atoms with Crippen molar-refractivity contribution in [3.05, 3.63) is 71.3 Å². The van der Waals surface area contributed by atoms with Crippen molar-refractivity contribution in [1.29, 1.82) is 5.26 Å². The number of aryl methyl sites for hydroxylation is 1. The van der Waals surface area contributed by atoms with E-state index in [1.807, 2.05) is 61.5 Å². The molecule has 1 aliphatic rings. The summed E-state index contributed by atoms with van der Waals surface area (Å²) in [6, 6.07) is 19.6. The molecule has 2 aromatic carbocycles. The van der Waals surface area contributed by atoms with E-state index >= 15 is 0 Å². The first kappa shape index (κ1) is 19.1. The molecule has 0 spiro atoms. The van der Waals surface area contributed by atoms with Crippen LogP contribution in [0.2, 0.25) is 0 Å². The van der Waals surface area contributed by atoms with Crippen molar-refractivity contribution in [2.45, 2.75) is 32.1 Å². The summed E-state index contributed by atoms with van der Waals surface area (Å²) in [5.74, 6) is -2.09. The van der Waals surface area contributed by atoms with Crippen LogP contribution in [0.15, 0.2) is 54.6 Å². The van der Waals surface area contributed by atoms with Crippen LogP contribution in [0.5, 0.6) is 0 Å². The molecule has 140 valence electrons. The van der Waals surface area contributed by atoms with Gasteiger partial charge in [0.05, 0.1) is 30.6 Å². The van der Waals surface area contributed by atoms with E-state index in [0.717, 1.165) is 16.7 Å². The van der Waals surface area contributed by atoms with Crippen LogP contribution in [0.25, 0.3) is 0 Å². The molecule has 1 fully saturated rings. The average Bonchev–Trinajstić information content (AvgIpc) is 2.68. The molecular weight excluding hydrogens is 340 g/mol. The minimum absolute atomic E-state index is 0.264. The highest BCUT2D eigenvalue weighted by atomic mass is 16.5. The van der Waals surface area contributed by atoms with Crippen LogP contribution in [-0.2, 0) is 14.3 Å². The first-order valence-electron chi connectivity index (χ1n) is 9.16. The molecule has 5 atom stereocenters. The Morgan fingerprint density at radius 3 is 2.48 bits per heavy atom. The van der Waals surface area contributed by atoms with Crippen molar-refractivity contribution in [3.63, 3.8) is 0 Å². The topological polar surface area (TPSA) is 85.3 Å². The van der Waals surface area contributed by atoms with Crippen LogP contribution in [0.3, 0.4) is 0 Å². The number of nitriles is 1. The third-order valence-corrected chi connectivity index (χ3v) is 5.14. The quantitative estimate of drug-likeness (QED) is 0.840. The normalized spacial score (nSPS) is 27.6. The van der Waals surface area contributed by atoms with Gasteiger partial charge in [0.2, 0.25) is 0 Å². The van der Waals surface area contributed by atoms with E-state index in [0.29, 0.717) is 0 Å². The summed E-state index contributed by atoms with van der Waals surface area (Å²) in [7, 11) is 0. The van der Waals surface area contributed by atoms with E-state index in [-0.39, 0.29) is 12.6 Å². The number of nitrogens with two attached hydrogens (primary N) is 1. The Morgan fingerprint density at radius 1 is 1.19 bits per heavy atom. The van der Waals surface area contributed by atoms with E-state index in [1.54, 1.807) is 6.92 Å². The number of carbonyl (C=O) groups excluding carboxylic acids is 1. The molecule has 27 heavy (non-hydrogen) atoms. The van der Waals surface area contributed by atoms with Crippen molar-refractivity contribution in [2.75, 3.05) is 6.61 Å². The zero-order chi connectivity index (χ0) is 19.4. The first-order chi connectivity index (χ1) is 13.1. The highest BCUT2D eigenvalue weighted by Gasteiger charge is 2.50. The number of hydrogen-bond donors (Lipinski definition) is 1. The summed E-state index contributed by atoms with van der Waals surface area (Å²) in [5.41, 5.74) is 9.03. The molecule has 2 N–H and O–H groups in total. The molecule has 0 amide bonds. The van der Waals surface area contributed by atoms with E-state index in [2.05, 4.69) is 6.07 Å². The van der Waals surface area contributed by atoms with E-state index in [1.165, 1.54) is 0 Å². The second kappa shape index (κ2) is 8.34. The standard InChI is InChI=1S/C22H24N2O3/c1-3-26-22(25)19-18(16-12-8-7-9-14(16)2)17(13-23)21(24)27-20(19)15-10-5-4-6-11-15/h4-12,17-21H,3,24H2,1-2H3/t17?,18-,19?,20?,21?/m1/s1. The molecule has 1 aliphatic heterocycles. The molecule has 1 saturated heterocycles. The number of esters is 1. The largest absolute Gasteiger partial charge is 0.466 e. The number of benzene rings is 2. The molecule has 0 bridgehead atoms. The lowest BCUT2D eigenvalue weighted by molar-refractivity contribution is -0.170. The van der Waals surface area contributed by atoms with Gasteiger partial charge in [0.1, 0.15) is 6.23 Å². The van der Waals surface area contributed by atoms with Crippen molar-refractivity contribution >= 4 is 5.97 Å². The van der Waals surface area contributed by atoms with Gasteiger partial charge >= 0.3 is 5.97 Å². The molecule has 5 nitrogen and oxygen atoms in total. The van der Waals surface area contributed by atoms with Crippen LogP contribution in [0.1, 0.15) is 35.6 Å². The smallest absolute Gasteiger partial charge is 0.312 e. The predicted octanol–water partition coefficient (Wildman–Crippen LogP) is 3.45. The fraction of sp³-hybridized carbons (Fsp3) is 0.364. The Labute approximate surface area is 159 Å². The van der Waals surface area contributed by atoms with Gasteiger partial charge in [-0.3, -0.25) is 4.79 Å². The van der Waals surface area contributed by atoms with Gasteiger partial charge < -0.3 is 15.2 Å². The highest BCUT2D eigenvalue weighted by molar-refractivity contribution is 5.75. The summed E-state index contributed by atoms with van der Waals surface area (Å²) in [5, 5.41) is 9.81. The van der Waals surface area contributed by atoms with Crippen LogP contribution >= 0.6 is 0 Å². The molecule has 3 rings (SSSR count). The highest BCUT2D eigenvalue weighted by Crippen LogP contribution is 2.48. The molecule has 2 aromatic rings. The summed E-state index contributed by atoms with van der Waals surface area (Å²) in [6.45, 7) is 4.01. The van der Waals surface area contributed by atoms with Gasteiger partial charge in [0, 0.05) is 5.92 Å². The van der Waals surface area contributed by atoms with Crippen molar-refractivity contribution < 1.29 is 14.3 Å². The lowest BCUT2D eigenvalue weighted by Crippen LogP contribution is -2.49. The second-order valence-corrected chi connectivity index (χ2v) is 6.75. The van der Waals surface area contributed by atoms with Crippen molar-refractivity contribution in [1.82, 2.24) is 0 Å². The van der Waals surface area contributed by atoms with Gasteiger partial charge in [-0.25, -0.2) is 0 Å². The molecular formula is C22H24N2O3. The Balaban J connectivity index is 2.15. The minimum Gasteiger partial charge on any atom is -0.466 e. The van der Waals surface area contributed by atoms with Gasteiger partial charge in [-0.15, -0.1) is 0 Å². The molecule has 4 unspecified atom stereocenters. The zero-order valence-corrected chi connectivity index (χ0v) is 15.5. The van der Waals surface area contributed by atoms with Gasteiger partial charge in [-0.05, 0) is 30.5 Å². The lowest BCUT2D eigenvalue weighted by atomic mass is 9.70. The van der Waals surface area contributed by atoms with Gasteiger partial charge in [0.15, 0.2) is 0 Å². The van der Waals surface area contributed by atoms with Gasteiger partial charge in [-0.1, -0.05) is 54.6 Å². The average molecular weight is 364 g/mol. The third-order valence-electron chi connectivity index (χ3n) is 5.14. The summed E-state index contributed by atoms with van der Waals surface area (Å²) in [4.78, 5) is 13.0. The van der Waals surface area contributed by atoms with E-state index in [9.17, 15) is 10.1 Å². The lowest BCUT2D eigenvalue weighted by Gasteiger charge is -2.43. The molecule has 0 aromatic heterocycles. The molecule has 0 radical (unpaired) electrons. The number of nitrogens with zero attached hydrogens (tertiary/aromatic N) is 1. The number of rotatable bonds is 4. The van der Waals surface area contributed by atoms with Gasteiger partial charge in [-0.2, -0.15) is 5.26 Å². The van der Waals surface area contributed by atoms with Crippen LogP contribution < -0.4 is 5.73 Å². The maximum absolute atomic E-state index is 13.0. The molecule has 1 heterocycles. The summed E-state index contributed by atoms with van der Waals surface area (Å²) >= 11 is 0. The van der Waals surface area contributed by atoms with E-state index in [4.69, 9.17) is 15.2 Å². The SMILES string of the molecule is CCOC(=O)C1C(c2ccccc2)OC(N)C(C#N)[C@H]1c1ccccc1C. The Bertz CT molecular complexity index is 831. The summed E-state index contributed by atoms with van der Waals surface area (Å²) in [6.07, 6.45) is -1.37. The van der Waals surface area contributed by atoms with Crippen LogP contribution in [0, 0.1) is 30.1 Å². The van der Waals surface area contributed by atoms with Crippen molar-refractivity contribution in [2.24, 2.45) is 17.6 Å². The molecule has 5 heteroatoms. The third kappa shape index (κ3) is 3.73. The van der Waals surface area contributed by atoms with Gasteiger partial charge in [0.25, 0.3) is 0 Å². The second-order valence-electron chi connectivity index (χ2n) is 6.75. The zero-order valence-electron chi connectivity index (χ0n) is 15.5. The fourth-order valence-electron chi connectivity index (χ4n) is 3.89. The minimum atomic E-state index is -0.796. The van der Waals surface area contributed by atoms with Crippen LogP contribution in [0.4, 0.5) is 0 Å². The monoisotopic (exact) mass is 364 g/mol. The Hall–Kier alpha value is -2.68. The number of carbonyl (C=O) groups is 1. The molecule has 0 aliphatic carbocycles. The number of hydrogen-bond acceptors (Lipinski definition) is 5. The first-order valence-corrected chi connectivity index (χ1v) is 9.16. The maximum atomic E-state index is 13.0. The van der Waals surface area contributed by atoms with Crippen molar-refractivity contribution in [3.8, 4) is 6.07 Å². The predicted molar refractivity (Wildman–Crippen MR) is 101 cm³/mol. The summed E-state index contributed by atoms with van der Waals surface area (Å²) < 4.78 is 11.4. The van der Waals surface area contributed by atoms with E-state index < -0.39 is 30.1 Å².